The van der Waals surface area contributed by atoms with Gasteiger partial charge >= 0.3 is 0 Å². The molecule has 0 aliphatic carbocycles. The van der Waals surface area contributed by atoms with Crippen LogP contribution in [0.4, 0.5) is 0 Å². The van der Waals surface area contributed by atoms with Crippen LogP contribution in [0.3, 0.4) is 0 Å². The third-order valence-electron chi connectivity index (χ3n) is 1.88. The first-order valence-corrected chi connectivity index (χ1v) is 5.02. The normalized spacial score (nSPS) is 12.0. The first kappa shape index (κ1) is 9.68. The van der Waals surface area contributed by atoms with Crippen LogP contribution in [-0.4, -0.2) is 11.5 Å². The van der Waals surface area contributed by atoms with E-state index in [4.69, 9.17) is 5.73 Å². The van der Waals surface area contributed by atoms with Gasteiger partial charge in [0.1, 0.15) is 0 Å². The van der Waals surface area contributed by atoms with Crippen molar-refractivity contribution < 1.29 is 0 Å². The Morgan fingerprint density at radius 3 is 2.67 bits per heavy atom. The summed E-state index contributed by atoms with van der Waals surface area (Å²) >= 11 is 1.70. The van der Waals surface area contributed by atoms with Crippen LogP contribution in [0.2, 0.25) is 0 Å². The van der Waals surface area contributed by atoms with Crippen molar-refractivity contribution in [2.75, 3.05) is 6.54 Å². The quantitative estimate of drug-likeness (QED) is 0.780. The van der Waals surface area contributed by atoms with Crippen molar-refractivity contribution in [2.45, 2.75) is 27.2 Å². The molecule has 0 fully saturated rings. The largest absolute Gasteiger partial charge is 0.330 e. The molecule has 0 saturated heterocycles. The summed E-state index contributed by atoms with van der Waals surface area (Å²) in [5.41, 5.74) is 6.99. The molecule has 0 aromatic carbocycles. The SMILES string of the molecule is Cc1nc(CC(C)(C)CN)cs1. The number of aromatic nitrogens is 1. The molecule has 68 valence electrons. The summed E-state index contributed by atoms with van der Waals surface area (Å²) in [6.07, 6.45) is 0.980. The molecule has 0 spiro atoms. The Morgan fingerprint density at radius 1 is 1.58 bits per heavy atom. The van der Waals surface area contributed by atoms with Crippen LogP contribution in [0.15, 0.2) is 5.38 Å². The van der Waals surface area contributed by atoms with Crippen molar-refractivity contribution >= 4 is 11.3 Å². The molecule has 3 heteroatoms. The summed E-state index contributed by atoms with van der Waals surface area (Å²) in [5.74, 6) is 0. The summed E-state index contributed by atoms with van der Waals surface area (Å²) < 4.78 is 0. The molecular weight excluding hydrogens is 168 g/mol. The molecule has 1 rings (SSSR count). The molecule has 0 saturated carbocycles. The summed E-state index contributed by atoms with van der Waals surface area (Å²) in [5, 5.41) is 3.25. The van der Waals surface area contributed by atoms with Crippen LogP contribution in [-0.2, 0) is 6.42 Å². The van der Waals surface area contributed by atoms with Crippen LogP contribution in [0.1, 0.15) is 24.5 Å². The second kappa shape index (κ2) is 3.54. The molecular formula is C9H16N2S. The maximum Gasteiger partial charge on any atom is 0.0897 e. The van der Waals surface area contributed by atoms with Gasteiger partial charge in [-0.25, -0.2) is 4.98 Å². The molecule has 12 heavy (non-hydrogen) atoms. The monoisotopic (exact) mass is 184 g/mol. The fraction of sp³-hybridized carbons (Fsp3) is 0.667. The van der Waals surface area contributed by atoms with Gasteiger partial charge in [0.05, 0.1) is 10.7 Å². The molecule has 0 atom stereocenters. The standard InChI is InChI=1S/C9H16N2S/c1-7-11-8(5-12-7)4-9(2,3)6-10/h5H,4,6,10H2,1-3H3. The minimum atomic E-state index is 0.181. The van der Waals surface area contributed by atoms with Gasteiger partial charge < -0.3 is 5.73 Å². The third-order valence-corrected chi connectivity index (χ3v) is 2.70. The van der Waals surface area contributed by atoms with Crippen molar-refractivity contribution in [1.29, 1.82) is 0 Å². The molecule has 0 unspecified atom stereocenters. The number of thiazole rings is 1. The van der Waals surface area contributed by atoms with Gasteiger partial charge in [-0.2, -0.15) is 0 Å². The van der Waals surface area contributed by atoms with E-state index in [1.807, 2.05) is 6.92 Å². The maximum absolute atomic E-state index is 5.64. The van der Waals surface area contributed by atoms with E-state index in [0.29, 0.717) is 6.54 Å². The van der Waals surface area contributed by atoms with E-state index in [1.165, 1.54) is 5.69 Å². The number of nitrogens with two attached hydrogens (primary N) is 1. The Morgan fingerprint density at radius 2 is 2.25 bits per heavy atom. The lowest BCUT2D eigenvalue weighted by Gasteiger charge is -2.20. The average Bonchev–Trinajstić information content (AvgIpc) is 2.35. The third kappa shape index (κ3) is 2.57. The fourth-order valence-electron chi connectivity index (χ4n) is 1.05. The summed E-state index contributed by atoms with van der Waals surface area (Å²) in [7, 11) is 0. The number of hydrogen-bond donors (Lipinski definition) is 1. The summed E-state index contributed by atoms with van der Waals surface area (Å²) in [4.78, 5) is 4.41. The van der Waals surface area contributed by atoms with Crippen LogP contribution < -0.4 is 5.73 Å². The Balaban J connectivity index is 2.63. The minimum absolute atomic E-state index is 0.181. The van der Waals surface area contributed by atoms with Crippen molar-refractivity contribution in [3.05, 3.63) is 16.1 Å². The molecule has 2 nitrogen and oxygen atoms in total. The number of hydrogen-bond acceptors (Lipinski definition) is 3. The smallest absolute Gasteiger partial charge is 0.0897 e. The van der Waals surface area contributed by atoms with Crippen LogP contribution in [0, 0.1) is 12.3 Å². The fourth-order valence-corrected chi connectivity index (χ4v) is 1.66. The van der Waals surface area contributed by atoms with Gasteiger partial charge in [0.15, 0.2) is 0 Å². The van der Waals surface area contributed by atoms with Gasteiger partial charge in [-0.1, -0.05) is 13.8 Å². The van der Waals surface area contributed by atoms with Gasteiger partial charge in [0, 0.05) is 5.38 Å². The number of aryl methyl sites for hydroxylation is 1. The Bertz CT molecular complexity index is 253. The molecule has 1 aromatic rings. The molecule has 0 aliphatic rings. The molecule has 0 bridgehead atoms. The lowest BCUT2D eigenvalue weighted by atomic mass is 9.88. The Labute approximate surface area is 77.8 Å². The zero-order valence-electron chi connectivity index (χ0n) is 7.92. The van der Waals surface area contributed by atoms with E-state index in [-0.39, 0.29) is 5.41 Å². The highest BCUT2D eigenvalue weighted by Crippen LogP contribution is 2.21. The van der Waals surface area contributed by atoms with Crippen molar-refractivity contribution in [2.24, 2.45) is 11.1 Å². The molecule has 1 heterocycles. The predicted octanol–water partition coefficient (Wildman–Crippen LogP) is 1.98. The van der Waals surface area contributed by atoms with Crippen molar-refractivity contribution in [1.82, 2.24) is 4.98 Å². The number of nitrogens with zero attached hydrogens (tertiary/aromatic N) is 1. The molecule has 2 N–H and O–H groups in total. The van der Waals surface area contributed by atoms with Gasteiger partial charge in [-0.3, -0.25) is 0 Å². The average molecular weight is 184 g/mol. The zero-order chi connectivity index (χ0) is 9.19. The zero-order valence-corrected chi connectivity index (χ0v) is 8.74. The second-order valence-electron chi connectivity index (χ2n) is 3.90. The predicted molar refractivity (Wildman–Crippen MR) is 53.4 cm³/mol. The minimum Gasteiger partial charge on any atom is -0.330 e. The lowest BCUT2D eigenvalue weighted by molar-refractivity contribution is 0.373. The summed E-state index contributed by atoms with van der Waals surface area (Å²) in [6, 6.07) is 0. The lowest BCUT2D eigenvalue weighted by Crippen LogP contribution is -2.26. The highest BCUT2D eigenvalue weighted by atomic mass is 32.1. The second-order valence-corrected chi connectivity index (χ2v) is 4.97. The molecule has 0 radical (unpaired) electrons. The van der Waals surface area contributed by atoms with Crippen molar-refractivity contribution in [3.8, 4) is 0 Å². The van der Waals surface area contributed by atoms with E-state index in [9.17, 15) is 0 Å². The Hall–Kier alpha value is -0.410. The van der Waals surface area contributed by atoms with E-state index < -0.39 is 0 Å². The molecule has 0 aliphatic heterocycles. The van der Waals surface area contributed by atoms with Gasteiger partial charge in [-0.05, 0) is 25.3 Å². The van der Waals surface area contributed by atoms with Crippen molar-refractivity contribution in [3.63, 3.8) is 0 Å². The van der Waals surface area contributed by atoms with E-state index in [0.717, 1.165) is 11.4 Å². The highest BCUT2D eigenvalue weighted by Gasteiger charge is 2.17. The molecule has 0 amide bonds. The van der Waals surface area contributed by atoms with Crippen LogP contribution >= 0.6 is 11.3 Å². The topological polar surface area (TPSA) is 38.9 Å². The van der Waals surface area contributed by atoms with E-state index in [2.05, 4.69) is 24.2 Å². The highest BCUT2D eigenvalue weighted by molar-refractivity contribution is 7.09. The maximum atomic E-state index is 5.64. The van der Waals surface area contributed by atoms with Crippen LogP contribution in [0.5, 0.6) is 0 Å². The number of rotatable bonds is 3. The van der Waals surface area contributed by atoms with E-state index in [1.54, 1.807) is 11.3 Å². The van der Waals surface area contributed by atoms with Gasteiger partial charge in [-0.15, -0.1) is 11.3 Å². The van der Waals surface area contributed by atoms with E-state index >= 15 is 0 Å². The Kier molecular flexibility index (Phi) is 2.85. The first-order valence-electron chi connectivity index (χ1n) is 4.14. The van der Waals surface area contributed by atoms with Crippen LogP contribution in [0.25, 0.3) is 0 Å². The first-order chi connectivity index (χ1) is 5.53. The van der Waals surface area contributed by atoms with Gasteiger partial charge in [0.2, 0.25) is 0 Å². The molecule has 1 aromatic heterocycles. The summed E-state index contributed by atoms with van der Waals surface area (Å²) in [6.45, 7) is 7.08. The van der Waals surface area contributed by atoms with Gasteiger partial charge in [0.25, 0.3) is 0 Å².